The van der Waals surface area contributed by atoms with Gasteiger partial charge in [-0.2, -0.15) is 26.3 Å². The molecule has 0 aromatic heterocycles. The summed E-state index contributed by atoms with van der Waals surface area (Å²) in [6.07, 6.45) is -16.9. The Hall–Kier alpha value is -1.32. The van der Waals surface area contributed by atoms with Crippen LogP contribution in [-0.2, 0) is 12.4 Å². The van der Waals surface area contributed by atoms with Gasteiger partial charge >= 0.3 is 18.7 Å². The van der Waals surface area contributed by atoms with Gasteiger partial charge in [-0.3, -0.25) is 0 Å². The third-order valence-electron chi connectivity index (χ3n) is 1.92. The van der Waals surface area contributed by atoms with Gasteiger partial charge in [-0.05, 0) is 12.1 Å². The van der Waals surface area contributed by atoms with Crippen molar-refractivity contribution in [2.75, 3.05) is 0 Å². The molecule has 0 atom stereocenters. The predicted molar refractivity (Wildman–Crippen MR) is 48.1 cm³/mol. The number of hydrogen-bond donors (Lipinski definition) is 0. The molecule has 0 spiro atoms. The standard InChI is InChI=1S/C9H2ClF9O/c10-4-2-1-3(7(11,12)13)5(8(14,15)16)6(4)20-9(17,18)19/h1-2H. The van der Waals surface area contributed by atoms with Gasteiger partial charge in [0.1, 0.15) is 5.56 Å². The average Bonchev–Trinajstić information content (AvgIpc) is 2.15. The summed E-state index contributed by atoms with van der Waals surface area (Å²) < 4.78 is 114. The first kappa shape index (κ1) is 16.7. The van der Waals surface area contributed by atoms with E-state index in [0.717, 1.165) is 0 Å². The summed E-state index contributed by atoms with van der Waals surface area (Å²) >= 11 is 5.07. The number of ether oxygens (including phenoxy) is 1. The molecule has 0 heterocycles. The van der Waals surface area contributed by atoms with Crippen LogP contribution < -0.4 is 4.74 Å². The molecule has 1 nitrogen and oxygen atoms in total. The van der Waals surface area contributed by atoms with Gasteiger partial charge in [0.15, 0.2) is 5.75 Å². The second-order valence-electron chi connectivity index (χ2n) is 3.34. The molecule has 114 valence electrons. The molecule has 20 heavy (non-hydrogen) atoms. The lowest BCUT2D eigenvalue weighted by molar-refractivity contribution is -0.276. The van der Waals surface area contributed by atoms with Gasteiger partial charge in [-0.25, -0.2) is 0 Å². The van der Waals surface area contributed by atoms with E-state index in [0.29, 0.717) is 0 Å². The van der Waals surface area contributed by atoms with Crippen LogP contribution >= 0.6 is 11.6 Å². The van der Waals surface area contributed by atoms with E-state index in [4.69, 9.17) is 11.6 Å². The van der Waals surface area contributed by atoms with Crippen LogP contribution in [0, 0.1) is 0 Å². The zero-order valence-corrected chi connectivity index (χ0v) is 9.60. The van der Waals surface area contributed by atoms with Gasteiger partial charge in [0.25, 0.3) is 0 Å². The molecule has 0 saturated heterocycles. The zero-order chi connectivity index (χ0) is 15.9. The molecule has 0 aliphatic carbocycles. The summed E-state index contributed by atoms with van der Waals surface area (Å²) in [5.74, 6) is -2.14. The fourth-order valence-corrected chi connectivity index (χ4v) is 1.49. The van der Waals surface area contributed by atoms with Crippen LogP contribution in [0.2, 0.25) is 5.02 Å². The second kappa shape index (κ2) is 4.90. The van der Waals surface area contributed by atoms with E-state index in [1.807, 2.05) is 0 Å². The van der Waals surface area contributed by atoms with Crippen molar-refractivity contribution in [2.24, 2.45) is 0 Å². The van der Waals surface area contributed by atoms with Gasteiger partial charge in [0, 0.05) is 0 Å². The average molecular weight is 333 g/mol. The SMILES string of the molecule is FC(F)(F)Oc1c(Cl)ccc(C(F)(F)F)c1C(F)(F)F. The third-order valence-corrected chi connectivity index (χ3v) is 2.21. The van der Waals surface area contributed by atoms with Gasteiger partial charge in [-0.15, -0.1) is 13.2 Å². The normalized spacial score (nSPS) is 13.5. The first-order valence-corrected chi connectivity index (χ1v) is 4.84. The highest BCUT2D eigenvalue weighted by Crippen LogP contribution is 2.48. The maximum Gasteiger partial charge on any atom is 0.573 e. The topological polar surface area (TPSA) is 9.23 Å². The van der Waals surface area contributed by atoms with Crippen LogP contribution in [-0.4, -0.2) is 6.36 Å². The quantitative estimate of drug-likeness (QED) is 0.636. The predicted octanol–water partition coefficient (Wildman–Crippen LogP) is 5.28. The van der Waals surface area contributed by atoms with Crippen LogP contribution in [0.25, 0.3) is 0 Å². The molecular weight excluding hydrogens is 331 g/mol. The molecule has 0 fully saturated rings. The number of benzene rings is 1. The fourth-order valence-electron chi connectivity index (χ4n) is 1.29. The Morgan fingerprint density at radius 1 is 0.800 bits per heavy atom. The van der Waals surface area contributed by atoms with E-state index in [-0.39, 0.29) is 12.1 Å². The number of rotatable bonds is 1. The minimum absolute atomic E-state index is 0.0750. The molecule has 1 aromatic carbocycles. The van der Waals surface area contributed by atoms with Crippen LogP contribution in [0.1, 0.15) is 11.1 Å². The van der Waals surface area contributed by atoms with Gasteiger partial charge < -0.3 is 4.74 Å². The maximum atomic E-state index is 12.6. The summed E-state index contributed by atoms with van der Waals surface area (Å²) in [5, 5.41) is -1.25. The molecule has 1 aromatic rings. The van der Waals surface area contributed by atoms with Crippen molar-refractivity contribution in [1.29, 1.82) is 0 Å². The Bertz CT molecular complexity index is 500. The largest absolute Gasteiger partial charge is 0.573 e. The minimum Gasteiger partial charge on any atom is -0.404 e. The smallest absolute Gasteiger partial charge is 0.404 e. The van der Waals surface area contributed by atoms with Crippen molar-refractivity contribution in [2.45, 2.75) is 18.7 Å². The molecule has 0 N–H and O–H groups in total. The Morgan fingerprint density at radius 3 is 1.65 bits per heavy atom. The maximum absolute atomic E-state index is 12.6. The van der Waals surface area contributed by atoms with Crippen molar-refractivity contribution < 1.29 is 44.3 Å². The van der Waals surface area contributed by atoms with Gasteiger partial charge in [0.2, 0.25) is 0 Å². The molecule has 0 unspecified atom stereocenters. The van der Waals surface area contributed by atoms with Crippen LogP contribution in [0.15, 0.2) is 12.1 Å². The lowest BCUT2D eigenvalue weighted by Crippen LogP contribution is -2.23. The molecule has 0 saturated carbocycles. The number of hydrogen-bond acceptors (Lipinski definition) is 1. The lowest BCUT2D eigenvalue weighted by Gasteiger charge is -2.20. The zero-order valence-electron chi connectivity index (χ0n) is 8.84. The molecule has 1 rings (SSSR count). The van der Waals surface area contributed by atoms with Crippen molar-refractivity contribution >= 4 is 11.6 Å². The molecular formula is C9H2ClF9O. The van der Waals surface area contributed by atoms with Crippen LogP contribution in [0.3, 0.4) is 0 Å². The molecule has 11 heteroatoms. The Kier molecular flexibility index (Phi) is 4.10. The van der Waals surface area contributed by atoms with Crippen molar-refractivity contribution in [3.63, 3.8) is 0 Å². The Labute approximate surface area is 109 Å². The van der Waals surface area contributed by atoms with Crippen LogP contribution in [0.4, 0.5) is 39.5 Å². The van der Waals surface area contributed by atoms with E-state index >= 15 is 0 Å². The number of alkyl halides is 9. The van der Waals surface area contributed by atoms with E-state index in [1.54, 1.807) is 0 Å². The summed E-state index contributed by atoms with van der Waals surface area (Å²) in [7, 11) is 0. The lowest BCUT2D eigenvalue weighted by atomic mass is 10.1. The van der Waals surface area contributed by atoms with Crippen molar-refractivity contribution in [1.82, 2.24) is 0 Å². The fraction of sp³-hybridized carbons (Fsp3) is 0.333. The third kappa shape index (κ3) is 3.84. The summed E-state index contributed by atoms with van der Waals surface area (Å²) in [5.41, 5.74) is -4.96. The molecule has 0 aliphatic rings. The van der Waals surface area contributed by atoms with E-state index in [1.165, 1.54) is 0 Å². The highest BCUT2D eigenvalue weighted by atomic mass is 35.5. The molecule has 0 aliphatic heterocycles. The minimum atomic E-state index is -5.74. The van der Waals surface area contributed by atoms with Crippen molar-refractivity contribution in [3.05, 3.63) is 28.3 Å². The highest BCUT2D eigenvalue weighted by molar-refractivity contribution is 6.32. The van der Waals surface area contributed by atoms with Crippen molar-refractivity contribution in [3.8, 4) is 5.75 Å². The highest BCUT2D eigenvalue weighted by Gasteiger charge is 2.48. The van der Waals surface area contributed by atoms with E-state index in [9.17, 15) is 39.5 Å². The Balaban J connectivity index is 3.64. The molecule has 0 radical (unpaired) electrons. The van der Waals surface area contributed by atoms with Gasteiger partial charge in [-0.1, -0.05) is 11.6 Å². The second-order valence-corrected chi connectivity index (χ2v) is 3.75. The van der Waals surface area contributed by atoms with Crippen LogP contribution in [0.5, 0.6) is 5.75 Å². The monoisotopic (exact) mass is 332 g/mol. The van der Waals surface area contributed by atoms with E-state index in [2.05, 4.69) is 4.74 Å². The Morgan fingerprint density at radius 2 is 1.30 bits per heavy atom. The van der Waals surface area contributed by atoms with E-state index < -0.39 is 40.6 Å². The molecule has 0 amide bonds. The van der Waals surface area contributed by atoms with Gasteiger partial charge in [0.05, 0.1) is 10.6 Å². The first-order valence-electron chi connectivity index (χ1n) is 4.46. The first-order chi connectivity index (χ1) is 8.73. The number of halogens is 10. The molecule has 0 bridgehead atoms. The summed E-state index contributed by atoms with van der Waals surface area (Å²) in [4.78, 5) is 0. The summed E-state index contributed by atoms with van der Waals surface area (Å²) in [6, 6.07) is 0.162. The summed E-state index contributed by atoms with van der Waals surface area (Å²) in [6.45, 7) is 0.